The van der Waals surface area contributed by atoms with Gasteiger partial charge in [0, 0.05) is 11.3 Å². The van der Waals surface area contributed by atoms with Gasteiger partial charge in [0.25, 0.3) is 5.91 Å². The first-order chi connectivity index (χ1) is 9.83. The molecule has 2 rings (SSSR count). The van der Waals surface area contributed by atoms with E-state index in [1.165, 1.54) is 11.3 Å². The van der Waals surface area contributed by atoms with Gasteiger partial charge in [-0.1, -0.05) is 26.7 Å². The van der Waals surface area contributed by atoms with Gasteiger partial charge in [-0.25, -0.2) is 4.98 Å². The lowest BCUT2D eigenvalue weighted by Gasteiger charge is -2.39. The van der Waals surface area contributed by atoms with Crippen LogP contribution in [-0.2, 0) is 4.79 Å². The second-order valence-corrected chi connectivity index (χ2v) is 7.12. The van der Waals surface area contributed by atoms with Gasteiger partial charge in [-0.3, -0.25) is 9.59 Å². The maximum Gasteiger partial charge on any atom is 0.308 e. The van der Waals surface area contributed by atoms with Crippen molar-refractivity contribution in [1.82, 2.24) is 10.3 Å². The molecule has 0 aliphatic heterocycles. The van der Waals surface area contributed by atoms with Gasteiger partial charge in [0.05, 0.1) is 16.5 Å². The van der Waals surface area contributed by atoms with Crippen molar-refractivity contribution in [2.45, 2.75) is 57.9 Å². The molecule has 5 nitrogen and oxygen atoms in total. The molecule has 1 amide bonds. The van der Waals surface area contributed by atoms with Crippen LogP contribution in [0.25, 0.3) is 0 Å². The van der Waals surface area contributed by atoms with E-state index in [0.717, 1.165) is 17.8 Å². The summed E-state index contributed by atoms with van der Waals surface area (Å²) < 4.78 is 0. The number of carboxylic acid groups (broad SMARTS) is 1. The summed E-state index contributed by atoms with van der Waals surface area (Å²) >= 11 is 1.47. The lowest BCUT2D eigenvalue weighted by Crippen LogP contribution is -2.55. The number of nitrogens with one attached hydrogen (secondary N) is 1. The molecule has 0 bridgehead atoms. The van der Waals surface area contributed by atoms with Crippen LogP contribution in [0.4, 0.5) is 0 Å². The van der Waals surface area contributed by atoms with Gasteiger partial charge in [0.15, 0.2) is 0 Å². The zero-order valence-corrected chi connectivity index (χ0v) is 13.5. The van der Waals surface area contributed by atoms with Gasteiger partial charge >= 0.3 is 5.97 Å². The molecule has 2 unspecified atom stereocenters. The maximum absolute atomic E-state index is 12.4. The molecule has 116 valence electrons. The predicted octanol–water partition coefficient (Wildman–Crippen LogP) is 3.03. The number of thiazole rings is 1. The van der Waals surface area contributed by atoms with Crippen LogP contribution in [-0.4, -0.2) is 27.5 Å². The molecule has 1 aliphatic rings. The van der Waals surface area contributed by atoms with Crippen LogP contribution in [0.3, 0.4) is 0 Å². The van der Waals surface area contributed by atoms with Crippen LogP contribution in [0.1, 0.15) is 67.9 Å². The van der Waals surface area contributed by atoms with Crippen LogP contribution < -0.4 is 5.32 Å². The van der Waals surface area contributed by atoms with Crippen molar-refractivity contribution in [2.24, 2.45) is 5.92 Å². The molecule has 0 radical (unpaired) electrons. The Morgan fingerprint density at radius 2 is 2.19 bits per heavy atom. The highest BCUT2D eigenvalue weighted by atomic mass is 32.1. The molecule has 1 aliphatic carbocycles. The monoisotopic (exact) mass is 310 g/mol. The summed E-state index contributed by atoms with van der Waals surface area (Å²) in [5, 5.41) is 15.0. The molecule has 21 heavy (non-hydrogen) atoms. The summed E-state index contributed by atoms with van der Waals surface area (Å²) in [6, 6.07) is 0. The second kappa shape index (κ2) is 6.13. The minimum absolute atomic E-state index is 0.270. The van der Waals surface area contributed by atoms with E-state index in [1.54, 1.807) is 5.38 Å². The molecule has 6 heteroatoms. The Hall–Kier alpha value is -1.43. The highest BCUT2D eigenvalue weighted by molar-refractivity contribution is 7.09. The number of rotatable bonds is 4. The first-order valence-corrected chi connectivity index (χ1v) is 8.22. The zero-order chi connectivity index (χ0) is 15.6. The van der Waals surface area contributed by atoms with Gasteiger partial charge in [-0.05, 0) is 19.8 Å². The molecule has 2 N–H and O–H groups in total. The largest absolute Gasteiger partial charge is 0.481 e. The number of carbonyl (C=O) groups excluding carboxylic acids is 1. The number of hydrogen-bond acceptors (Lipinski definition) is 4. The van der Waals surface area contributed by atoms with Crippen LogP contribution in [0.2, 0.25) is 0 Å². The smallest absolute Gasteiger partial charge is 0.308 e. The fourth-order valence-electron chi connectivity index (χ4n) is 2.86. The Kier molecular flexibility index (Phi) is 4.66. The van der Waals surface area contributed by atoms with E-state index in [2.05, 4.69) is 10.3 Å². The lowest BCUT2D eigenvalue weighted by atomic mass is 9.74. The van der Waals surface area contributed by atoms with E-state index in [9.17, 15) is 14.7 Å². The number of carboxylic acids is 1. The van der Waals surface area contributed by atoms with E-state index < -0.39 is 17.4 Å². The summed E-state index contributed by atoms with van der Waals surface area (Å²) in [4.78, 5) is 28.1. The molecule has 1 fully saturated rings. The highest BCUT2D eigenvalue weighted by Crippen LogP contribution is 2.34. The Morgan fingerprint density at radius 1 is 1.48 bits per heavy atom. The molecular weight excluding hydrogens is 288 g/mol. The van der Waals surface area contributed by atoms with Crippen molar-refractivity contribution < 1.29 is 14.7 Å². The van der Waals surface area contributed by atoms with Crippen molar-refractivity contribution in [3.05, 3.63) is 16.1 Å². The van der Waals surface area contributed by atoms with Crippen molar-refractivity contribution in [3.63, 3.8) is 0 Å². The molecule has 2 atom stereocenters. The van der Waals surface area contributed by atoms with Crippen LogP contribution in [0.5, 0.6) is 0 Å². The fraction of sp³-hybridized carbons (Fsp3) is 0.667. The van der Waals surface area contributed by atoms with Gasteiger partial charge in [0.2, 0.25) is 0 Å². The normalized spacial score (nSPS) is 25.8. The first kappa shape index (κ1) is 15.9. The molecule has 0 spiro atoms. The van der Waals surface area contributed by atoms with Crippen molar-refractivity contribution in [1.29, 1.82) is 0 Å². The van der Waals surface area contributed by atoms with Crippen molar-refractivity contribution in [2.75, 3.05) is 0 Å². The molecule has 1 aromatic heterocycles. The topological polar surface area (TPSA) is 79.3 Å². The van der Waals surface area contributed by atoms with Gasteiger partial charge in [-0.2, -0.15) is 0 Å². The number of hydrogen-bond donors (Lipinski definition) is 2. The van der Waals surface area contributed by atoms with E-state index in [-0.39, 0.29) is 11.8 Å². The maximum atomic E-state index is 12.4. The number of amides is 1. The third-order valence-corrected chi connectivity index (χ3v) is 5.30. The summed E-state index contributed by atoms with van der Waals surface area (Å²) in [5.41, 5.74) is -0.303. The van der Waals surface area contributed by atoms with E-state index in [0.29, 0.717) is 18.5 Å². The lowest BCUT2D eigenvalue weighted by molar-refractivity contribution is -0.145. The summed E-state index contributed by atoms with van der Waals surface area (Å²) in [6.07, 6.45) is 3.14. The number of nitrogens with zero attached hydrogens (tertiary/aromatic N) is 1. The molecule has 1 heterocycles. The standard InChI is InChI=1S/C15H22N2O3S/c1-9(2)13-16-11(8-21-13)12(18)17-15(3)7-5-4-6-10(15)14(19)20/h8-10H,4-7H2,1-3H3,(H,17,18)(H,19,20). The van der Waals surface area contributed by atoms with Crippen LogP contribution in [0.15, 0.2) is 5.38 Å². The van der Waals surface area contributed by atoms with Crippen LogP contribution in [0, 0.1) is 5.92 Å². The number of aromatic nitrogens is 1. The minimum Gasteiger partial charge on any atom is -0.481 e. The van der Waals surface area contributed by atoms with Crippen molar-refractivity contribution in [3.8, 4) is 0 Å². The zero-order valence-electron chi connectivity index (χ0n) is 12.7. The molecule has 0 aromatic carbocycles. The number of aliphatic carboxylic acids is 1. The predicted molar refractivity (Wildman–Crippen MR) is 81.7 cm³/mol. The third-order valence-electron chi connectivity index (χ3n) is 4.15. The molecule has 1 aromatic rings. The van der Waals surface area contributed by atoms with E-state index in [1.807, 2.05) is 20.8 Å². The second-order valence-electron chi connectivity index (χ2n) is 6.23. The summed E-state index contributed by atoms with van der Waals surface area (Å²) in [6.45, 7) is 5.89. The van der Waals surface area contributed by atoms with Crippen LogP contribution >= 0.6 is 11.3 Å². The van der Waals surface area contributed by atoms with E-state index in [4.69, 9.17) is 0 Å². The van der Waals surface area contributed by atoms with E-state index >= 15 is 0 Å². The quantitative estimate of drug-likeness (QED) is 0.896. The fourth-order valence-corrected chi connectivity index (χ4v) is 3.67. The third kappa shape index (κ3) is 3.43. The first-order valence-electron chi connectivity index (χ1n) is 7.34. The molecule has 1 saturated carbocycles. The summed E-state index contributed by atoms with van der Waals surface area (Å²) in [7, 11) is 0. The Balaban J connectivity index is 2.14. The average molecular weight is 310 g/mol. The van der Waals surface area contributed by atoms with Crippen molar-refractivity contribution >= 4 is 23.2 Å². The average Bonchev–Trinajstić information content (AvgIpc) is 2.88. The Labute approximate surface area is 128 Å². The molecular formula is C15H22N2O3S. The highest BCUT2D eigenvalue weighted by Gasteiger charge is 2.42. The Bertz CT molecular complexity index is 541. The number of carbonyl (C=O) groups is 2. The van der Waals surface area contributed by atoms with Gasteiger partial charge in [-0.15, -0.1) is 11.3 Å². The van der Waals surface area contributed by atoms with Gasteiger partial charge < -0.3 is 10.4 Å². The molecule has 0 saturated heterocycles. The Morgan fingerprint density at radius 3 is 2.76 bits per heavy atom. The SMILES string of the molecule is CC(C)c1nc(C(=O)NC2(C)CCCCC2C(=O)O)cs1. The summed E-state index contributed by atoms with van der Waals surface area (Å²) in [5.74, 6) is -1.35. The van der Waals surface area contributed by atoms with Gasteiger partial charge in [0.1, 0.15) is 5.69 Å². The minimum atomic E-state index is -0.835.